The maximum Gasteiger partial charge on any atom is 0.253 e. The van der Waals surface area contributed by atoms with Gasteiger partial charge in [-0.25, -0.2) is 4.39 Å². The number of nitrogens with zero attached hydrogens (tertiary/aromatic N) is 2. The summed E-state index contributed by atoms with van der Waals surface area (Å²) in [7, 11) is 2.18. The van der Waals surface area contributed by atoms with Gasteiger partial charge in [0.05, 0.1) is 18.8 Å². The van der Waals surface area contributed by atoms with Gasteiger partial charge < -0.3 is 19.6 Å². The maximum absolute atomic E-state index is 13.8. The van der Waals surface area contributed by atoms with E-state index in [1.165, 1.54) is 6.07 Å². The van der Waals surface area contributed by atoms with E-state index >= 15 is 0 Å². The largest absolute Gasteiger partial charge is 0.393 e. The zero-order valence-corrected chi connectivity index (χ0v) is 18.3. The summed E-state index contributed by atoms with van der Waals surface area (Å²) in [6, 6.07) is 5.30. The highest BCUT2D eigenvalue weighted by molar-refractivity contribution is 5.94. The molecule has 1 saturated carbocycles. The normalized spacial score (nSPS) is 29.0. The molecule has 6 heteroatoms. The fourth-order valence-corrected chi connectivity index (χ4v) is 5.42. The van der Waals surface area contributed by atoms with Crippen LogP contribution in [0, 0.1) is 18.2 Å². The van der Waals surface area contributed by atoms with E-state index in [4.69, 9.17) is 4.74 Å². The number of aliphatic hydroxyl groups excluding tert-OH is 1. The molecule has 2 aliphatic heterocycles. The van der Waals surface area contributed by atoms with Crippen molar-refractivity contribution in [3.63, 3.8) is 0 Å². The Labute approximate surface area is 179 Å². The zero-order valence-electron chi connectivity index (χ0n) is 18.3. The van der Waals surface area contributed by atoms with Gasteiger partial charge in [0.25, 0.3) is 5.91 Å². The minimum Gasteiger partial charge on any atom is -0.393 e. The van der Waals surface area contributed by atoms with E-state index in [1.54, 1.807) is 19.1 Å². The van der Waals surface area contributed by atoms with Gasteiger partial charge in [0.2, 0.25) is 0 Å². The number of rotatable bonds is 4. The number of likely N-dealkylation sites (tertiary alicyclic amines) is 1. The van der Waals surface area contributed by atoms with Gasteiger partial charge in [-0.15, -0.1) is 0 Å². The molecule has 3 fully saturated rings. The van der Waals surface area contributed by atoms with Crippen LogP contribution in [0.5, 0.6) is 0 Å². The van der Waals surface area contributed by atoms with Gasteiger partial charge in [0.15, 0.2) is 0 Å². The number of benzene rings is 1. The zero-order chi connectivity index (χ0) is 21.3. The first-order valence-electron chi connectivity index (χ1n) is 11.4. The predicted molar refractivity (Wildman–Crippen MR) is 114 cm³/mol. The smallest absolute Gasteiger partial charge is 0.253 e. The summed E-state index contributed by atoms with van der Waals surface area (Å²) >= 11 is 0. The highest BCUT2D eigenvalue weighted by atomic mass is 19.1. The molecule has 4 rings (SSSR count). The van der Waals surface area contributed by atoms with Crippen molar-refractivity contribution >= 4 is 5.91 Å². The Kier molecular flexibility index (Phi) is 6.47. The molecular formula is C24H35FN2O3. The third-order valence-corrected chi connectivity index (χ3v) is 7.60. The molecule has 30 heavy (non-hydrogen) atoms. The summed E-state index contributed by atoms with van der Waals surface area (Å²) in [5.41, 5.74) is 1.17. The van der Waals surface area contributed by atoms with E-state index in [-0.39, 0.29) is 29.3 Å². The molecule has 166 valence electrons. The third kappa shape index (κ3) is 4.71. The van der Waals surface area contributed by atoms with Crippen molar-refractivity contribution in [2.24, 2.45) is 5.41 Å². The molecule has 1 N–H and O–H groups in total. The molecule has 0 bridgehead atoms. The number of likely N-dealkylation sites (N-methyl/N-ethyl adjacent to an activating group) is 1. The van der Waals surface area contributed by atoms with Gasteiger partial charge in [-0.3, -0.25) is 4.79 Å². The minimum atomic E-state index is -0.321. The summed E-state index contributed by atoms with van der Waals surface area (Å²) in [5.74, 6) is -0.392. The van der Waals surface area contributed by atoms with Crippen LogP contribution in [-0.2, 0) is 4.74 Å². The number of amides is 1. The average Bonchev–Trinajstić information content (AvgIpc) is 3.12. The molecular weight excluding hydrogens is 383 g/mol. The lowest BCUT2D eigenvalue weighted by atomic mass is 9.76. The van der Waals surface area contributed by atoms with Crippen molar-refractivity contribution in [1.82, 2.24) is 9.80 Å². The first-order valence-corrected chi connectivity index (χ1v) is 11.4. The van der Waals surface area contributed by atoms with Crippen molar-refractivity contribution in [3.05, 3.63) is 35.1 Å². The van der Waals surface area contributed by atoms with E-state index < -0.39 is 0 Å². The number of aryl methyl sites for hydroxylation is 1. The van der Waals surface area contributed by atoms with Crippen molar-refractivity contribution < 1.29 is 19.0 Å². The SMILES string of the molecule is Cc1ccc(C(=O)N2CCC3(CC2)CO[C@H](CN(C)C2CCC(O)CC2)C3)cc1F. The summed E-state index contributed by atoms with van der Waals surface area (Å²) in [6.45, 7) is 4.84. The lowest BCUT2D eigenvalue weighted by Gasteiger charge is -2.39. The number of hydrogen-bond acceptors (Lipinski definition) is 4. The number of carbonyl (C=O) groups is 1. The van der Waals surface area contributed by atoms with Gasteiger partial charge in [-0.05, 0) is 82.0 Å². The van der Waals surface area contributed by atoms with Crippen molar-refractivity contribution in [2.75, 3.05) is 33.3 Å². The first kappa shape index (κ1) is 21.7. The fourth-order valence-electron chi connectivity index (χ4n) is 5.42. The topological polar surface area (TPSA) is 53.0 Å². The van der Waals surface area contributed by atoms with Crippen LogP contribution >= 0.6 is 0 Å². The van der Waals surface area contributed by atoms with Crippen LogP contribution in [0.25, 0.3) is 0 Å². The van der Waals surface area contributed by atoms with E-state index in [0.29, 0.717) is 30.3 Å². The second-order valence-electron chi connectivity index (χ2n) is 9.80. The Morgan fingerprint density at radius 1 is 1.27 bits per heavy atom. The van der Waals surface area contributed by atoms with E-state index in [9.17, 15) is 14.3 Å². The Bertz CT molecular complexity index is 755. The van der Waals surface area contributed by atoms with Crippen molar-refractivity contribution in [3.8, 4) is 0 Å². The highest BCUT2D eigenvalue weighted by Gasteiger charge is 2.43. The van der Waals surface area contributed by atoms with Crippen LogP contribution in [-0.4, -0.2) is 72.4 Å². The third-order valence-electron chi connectivity index (χ3n) is 7.60. The fraction of sp³-hybridized carbons (Fsp3) is 0.708. The lowest BCUT2D eigenvalue weighted by molar-refractivity contribution is 0.0336. The minimum absolute atomic E-state index is 0.0709. The Hall–Kier alpha value is -1.50. The number of hydrogen-bond donors (Lipinski definition) is 1. The summed E-state index contributed by atoms with van der Waals surface area (Å²) in [6.07, 6.45) is 7.00. The molecule has 2 heterocycles. The highest BCUT2D eigenvalue weighted by Crippen LogP contribution is 2.42. The number of halogens is 1. The number of piperidine rings is 1. The van der Waals surface area contributed by atoms with Crippen molar-refractivity contribution in [1.29, 1.82) is 0 Å². The number of carbonyl (C=O) groups excluding carboxylic acids is 1. The van der Waals surface area contributed by atoms with Gasteiger partial charge >= 0.3 is 0 Å². The summed E-state index contributed by atoms with van der Waals surface area (Å²) in [5, 5.41) is 9.73. The molecule has 1 aromatic rings. The summed E-state index contributed by atoms with van der Waals surface area (Å²) in [4.78, 5) is 17.1. The van der Waals surface area contributed by atoms with Crippen LogP contribution in [0.15, 0.2) is 18.2 Å². The number of aliphatic hydroxyl groups is 1. The molecule has 1 amide bonds. The second-order valence-corrected chi connectivity index (χ2v) is 9.80. The molecule has 1 aromatic carbocycles. The van der Waals surface area contributed by atoms with Gasteiger partial charge in [-0.1, -0.05) is 6.07 Å². The van der Waals surface area contributed by atoms with E-state index in [0.717, 1.165) is 58.1 Å². The monoisotopic (exact) mass is 418 g/mol. The van der Waals surface area contributed by atoms with Crippen LogP contribution in [0.3, 0.4) is 0 Å². The molecule has 1 spiro atoms. The second kappa shape index (κ2) is 8.93. The van der Waals surface area contributed by atoms with E-state index in [2.05, 4.69) is 11.9 Å². The molecule has 2 saturated heterocycles. The van der Waals surface area contributed by atoms with Crippen LogP contribution < -0.4 is 0 Å². The summed E-state index contributed by atoms with van der Waals surface area (Å²) < 4.78 is 20.0. The Morgan fingerprint density at radius 3 is 2.63 bits per heavy atom. The molecule has 3 aliphatic rings. The van der Waals surface area contributed by atoms with Crippen LogP contribution in [0.4, 0.5) is 4.39 Å². The number of ether oxygens (including phenoxy) is 1. The van der Waals surface area contributed by atoms with E-state index in [1.807, 2.05) is 4.90 Å². The van der Waals surface area contributed by atoms with Gasteiger partial charge in [0, 0.05) is 31.2 Å². The quantitative estimate of drug-likeness (QED) is 0.815. The Morgan fingerprint density at radius 2 is 1.97 bits per heavy atom. The standard InChI is InChI=1S/C24H35FN2O3/c1-17-3-4-18(13-22(17)25)23(29)27-11-9-24(10-12-27)14-21(30-16-24)15-26(2)19-5-7-20(28)8-6-19/h3-4,13,19-21,28H,5-12,14-16H2,1-2H3/t19?,20?,21-/m0/s1. The molecule has 1 aliphatic carbocycles. The van der Waals surface area contributed by atoms with Crippen LogP contribution in [0.1, 0.15) is 60.9 Å². The average molecular weight is 419 g/mol. The maximum atomic E-state index is 13.8. The molecule has 0 radical (unpaired) electrons. The molecule has 1 atom stereocenters. The molecule has 0 unspecified atom stereocenters. The van der Waals surface area contributed by atoms with Gasteiger partial charge in [-0.2, -0.15) is 0 Å². The first-order chi connectivity index (χ1) is 14.3. The van der Waals surface area contributed by atoms with Gasteiger partial charge in [0.1, 0.15) is 5.82 Å². The lowest BCUT2D eigenvalue weighted by Crippen LogP contribution is -2.44. The van der Waals surface area contributed by atoms with Crippen molar-refractivity contribution in [2.45, 2.75) is 70.1 Å². The molecule has 5 nitrogen and oxygen atoms in total. The predicted octanol–water partition coefficient (Wildman–Crippen LogP) is 3.38. The van der Waals surface area contributed by atoms with Crippen LogP contribution in [0.2, 0.25) is 0 Å². The Balaban J connectivity index is 1.27. The molecule has 0 aromatic heterocycles.